The summed E-state index contributed by atoms with van der Waals surface area (Å²) in [5.74, 6) is 1.38. The summed E-state index contributed by atoms with van der Waals surface area (Å²) in [7, 11) is 0. The van der Waals surface area contributed by atoms with E-state index in [-0.39, 0.29) is 12.0 Å². The normalized spacial score (nSPS) is 22.6. The van der Waals surface area contributed by atoms with Gasteiger partial charge in [-0.1, -0.05) is 43.9 Å². The van der Waals surface area contributed by atoms with Gasteiger partial charge in [0.1, 0.15) is 16.2 Å². The minimum Gasteiger partial charge on any atom is -0.490 e. The Labute approximate surface area is 140 Å². The molecule has 1 aromatic carbocycles. The van der Waals surface area contributed by atoms with Crippen LogP contribution in [0.1, 0.15) is 31.9 Å². The third kappa shape index (κ3) is 3.06. The van der Waals surface area contributed by atoms with E-state index in [2.05, 4.69) is 26.8 Å². The van der Waals surface area contributed by atoms with Crippen molar-refractivity contribution in [3.63, 3.8) is 0 Å². The van der Waals surface area contributed by atoms with Gasteiger partial charge < -0.3 is 4.74 Å². The van der Waals surface area contributed by atoms with Gasteiger partial charge in [0.15, 0.2) is 0 Å². The van der Waals surface area contributed by atoms with E-state index in [1.54, 1.807) is 4.90 Å². The lowest BCUT2D eigenvalue weighted by molar-refractivity contribution is -0.122. The number of carbonyl (C=O) groups is 1. The van der Waals surface area contributed by atoms with Crippen molar-refractivity contribution in [1.82, 2.24) is 4.90 Å². The molecule has 1 aromatic rings. The van der Waals surface area contributed by atoms with Crippen LogP contribution in [0.5, 0.6) is 5.75 Å². The lowest BCUT2D eigenvalue weighted by Gasteiger charge is -2.16. The standard InChI is InChI=1S/C17H19NO2S2/c1-10(2)9-18-16(19)15(22-17(18)21)8-12-4-5-14-13(7-12)6-11(3)20-14/h4-5,7-8,10-11H,6,9H2,1-3H3/b15-8-/t11-/m0/s1. The number of rotatable bonds is 3. The second kappa shape index (κ2) is 6.05. The topological polar surface area (TPSA) is 29.5 Å². The maximum Gasteiger partial charge on any atom is 0.266 e. The molecule has 3 rings (SSSR count). The van der Waals surface area contributed by atoms with Crippen LogP contribution >= 0.6 is 24.0 Å². The van der Waals surface area contributed by atoms with Crippen molar-refractivity contribution in [3.8, 4) is 5.75 Å². The predicted octanol–water partition coefficient (Wildman–Crippen LogP) is 3.87. The number of carbonyl (C=O) groups excluding carboxylic acids is 1. The maximum atomic E-state index is 12.5. The zero-order valence-electron chi connectivity index (χ0n) is 13.0. The van der Waals surface area contributed by atoms with Gasteiger partial charge in [-0.3, -0.25) is 9.69 Å². The summed E-state index contributed by atoms with van der Waals surface area (Å²) in [5, 5.41) is 0. The highest BCUT2D eigenvalue weighted by atomic mass is 32.2. The minimum atomic E-state index is 0.0221. The summed E-state index contributed by atoms with van der Waals surface area (Å²) in [5.41, 5.74) is 2.24. The average molecular weight is 333 g/mol. The van der Waals surface area contributed by atoms with Gasteiger partial charge in [0.2, 0.25) is 0 Å². The molecule has 1 fully saturated rings. The molecule has 1 saturated heterocycles. The first-order chi connectivity index (χ1) is 10.4. The molecule has 0 N–H and O–H groups in total. The molecule has 5 heteroatoms. The molecule has 0 saturated carbocycles. The van der Waals surface area contributed by atoms with Crippen LogP contribution in [0.25, 0.3) is 6.08 Å². The van der Waals surface area contributed by atoms with Crippen LogP contribution in [0.2, 0.25) is 0 Å². The second-order valence-electron chi connectivity index (χ2n) is 6.19. The van der Waals surface area contributed by atoms with Crippen LogP contribution in [-0.4, -0.2) is 27.8 Å². The first-order valence-corrected chi connectivity index (χ1v) is 8.71. The number of thioether (sulfide) groups is 1. The average Bonchev–Trinajstić information content (AvgIpc) is 2.92. The van der Waals surface area contributed by atoms with Gasteiger partial charge >= 0.3 is 0 Å². The molecule has 2 heterocycles. The molecule has 2 aliphatic heterocycles. The summed E-state index contributed by atoms with van der Waals surface area (Å²) >= 11 is 6.72. The molecule has 0 bridgehead atoms. The fourth-order valence-electron chi connectivity index (χ4n) is 2.71. The van der Waals surface area contributed by atoms with Crippen LogP contribution in [-0.2, 0) is 11.2 Å². The lowest BCUT2D eigenvalue weighted by atomic mass is 10.1. The summed E-state index contributed by atoms with van der Waals surface area (Å²) in [6.45, 7) is 6.92. The van der Waals surface area contributed by atoms with Crippen molar-refractivity contribution in [1.29, 1.82) is 0 Å². The molecule has 0 aliphatic carbocycles. The van der Waals surface area contributed by atoms with Crippen LogP contribution in [0.3, 0.4) is 0 Å². The van der Waals surface area contributed by atoms with Crippen LogP contribution < -0.4 is 4.74 Å². The number of nitrogens with zero attached hydrogens (tertiary/aromatic N) is 1. The van der Waals surface area contributed by atoms with E-state index < -0.39 is 0 Å². The van der Waals surface area contributed by atoms with E-state index in [9.17, 15) is 4.79 Å². The van der Waals surface area contributed by atoms with Gasteiger partial charge in [-0.15, -0.1) is 0 Å². The Balaban J connectivity index is 1.83. The number of ether oxygens (including phenoxy) is 1. The number of thiocarbonyl (C=S) groups is 1. The van der Waals surface area contributed by atoms with E-state index in [4.69, 9.17) is 17.0 Å². The van der Waals surface area contributed by atoms with Gasteiger partial charge in [0.25, 0.3) is 5.91 Å². The molecule has 1 amide bonds. The Hall–Kier alpha value is -1.33. The van der Waals surface area contributed by atoms with E-state index in [0.29, 0.717) is 21.7 Å². The Bertz CT molecular complexity index is 667. The highest BCUT2D eigenvalue weighted by molar-refractivity contribution is 8.26. The first kappa shape index (κ1) is 15.6. The van der Waals surface area contributed by atoms with E-state index >= 15 is 0 Å². The molecule has 0 unspecified atom stereocenters. The number of benzene rings is 1. The second-order valence-corrected chi connectivity index (χ2v) is 7.86. The van der Waals surface area contributed by atoms with Crippen LogP contribution in [0.4, 0.5) is 0 Å². The number of hydrogen-bond donors (Lipinski definition) is 0. The van der Waals surface area contributed by atoms with Crippen molar-refractivity contribution < 1.29 is 9.53 Å². The lowest BCUT2D eigenvalue weighted by Crippen LogP contribution is -2.31. The molecule has 0 spiro atoms. The molecule has 3 nitrogen and oxygen atoms in total. The van der Waals surface area contributed by atoms with Crippen LogP contribution in [0, 0.1) is 5.92 Å². The fraction of sp³-hybridized carbons (Fsp3) is 0.412. The Morgan fingerprint density at radius 1 is 1.50 bits per heavy atom. The van der Waals surface area contributed by atoms with E-state index in [1.165, 1.54) is 17.3 Å². The molecule has 22 heavy (non-hydrogen) atoms. The van der Waals surface area contributed by atoms with Crippen LogP contribution in [0.15, 0.2) is 23.1 Å². The van der Waals surface area contributed by atoms with Gasteiger partial charge in [0, 0.05) is 13.0 Å². The van der Waals surface area contributed by atoms with Gasteiger partial charge in [-0.25, -0.2) is 0 Å². The van der Waals surface area contributed by atoms with Crippen molar-refractivity contribution in [3.05, 3.63) is 34.2 Å². The Morgan fingerprint density at radius 2 is 2.27 bits per heavy atom. The van der Waals surface area contributed by atoms with Crippen molar-refractivity contribution in [2.45, 2.75) is 33.3 Å². The highest BCUT2D eigenvalue weighted by Crippen LogP contribution is 2.35. The summed E-state index contributed by atoms with van der Waals surface area (Å²) in [6.07, 6.45) is 3.09. The molecular weight excluding hydrogens is 314 g/mol. The smallest absolute Gasteiger partial charge is 0.266 e. The largest absolute Gasteiger partial charge is 0.490 e. The highest BCUT2D eigenvalue weighted by Gasteiger charge is 2.32. The van der Waals surface area contributed by atoms with E-state index in [0.717, 1.165) is 17.7 Å². The summed E-state index contributed by atoms with van der Waals surface area (Å²) < 4.78 is 6.36. The maximum absolute atomic E-state index is 12.5. The van der Waals surface area contributed by atoms with Gasteiger partial charge in [-0.2, -0.15) is 0 Å². The summed E-state index contributed by atoms with van der Waals surface area (Å²) in [4.78, 5) is 14.9. The third-order valence-corrected chi connectivity index (χ3v) is 5.02. The van der Waals surface area contributed by atoms with E-state index in [1.807, 2.05) is 18.2 Å². The minimum absolute atomic E-state index is 0.0221. The number of fused-ring (bicyclic) bond motifs is 1. The third-order valence-electron chi connectivity index (χ3n) is 3.64. The summed E-state index contributed by atoms with van der Waals surface area (Å²) in [6, 6.07) is 6.08. The Kier molecular flexibility index (Phi) is 4.28. The monoisotopic (exact) mass is 333 g/mol. The van der Waals surface area contributed by atoms with Gasteiger partial charge in [-0.05, 0) is 42.2 Å². The molecular formula is C17H19NO2S2. The van der Waals surface area contributed by atoms with Crippen molar-refractivity contribution >= 4 is 40.3 Å². The first-order valence-electron chi connectivity index (χ1n) is 7.49. The van der Waals surface area contributed by atoms with Crippen molar-refractivity contribution in [2.24, 2.45) is 5.92 Å². The molecule has 116 valence electrons. The number of hydrogen-bond acceptors (Lipinski definition) is 4. The molecule has 0 aromatic heterocycles. The number of amides is 1. The fourth-order valence-corrected chi connectivity index (χ4v) is 3.98. The zero-order valence-corrected chi connectivity index (χ0v) is 14.6. The quantitative estimate of drug-likeness (QED) is 0.620. The molecule has 0 radical (unpaired) electrons. The van der Waals surface area contributed by atoms with Crippen molar-refractivity contribution in [2.75, 3.05) is 6.54 Å². The zero-order chi connectivity index (χ0) is 15.9. The molecule has 2 aliphatic rings. The SMILES string of the molecule is CC(C)CN1C(=O)/C(=C/c2ccc3c(c2)C[C@H](C)O3)SC1=S. The Morgan fingerprint density at radius 3 is 3.00 bits per heavy atom. The van der Waals surface area contributed by atoms with Gasteiger partial charge in [0.05, 0.1) is 4.91 Å². The predicted molar refractivity (Wildman–Crippen MR) is 95.0 cm³/mol. The molecule has 1 atom stereocenters.